The number of nitrogens with one attached hydrogen (secondary N) is 1. The molecule has 2 fully saturated rings. The van der Waals surface area contributed by atoms with E-state index in [0.717, 1.165) is 24.0 Å². The number of halogens is 6. The zero-order chi connectivity index (χ0) is 31.5. The van der Waals surface area contributed by atoms with E-state index in [2.05, 4.69) is 25.1 Å². The molecular formula is C29H30F6N6O3. The number of anilines is 2. The molecule has 9 nitrogen and oxygen atoms in total. The van der Waals surface area contributed by atoms with E-state index in [4.69, 9.17) is 4.74 Å². The maximum Gasteiger partial charge on any atom is 0.433 e. The Morgan fingerprint density at radius 2 is 1.64 bits per heavy atom. The number of nitro groups is 1. The molecule has 1 N–H and O–H groups in total. The molecule has 3 aromatic rings. The Balaban J connectivity index is 1.09. The van der Waals surface area contributed by atoms with Gasteiger partial charge < -0.3 is 15.0 Å². The van der Waals surface area contributed by atoms with Crippen LogP contribution in [0.3, 0.4) is 0 Å². The van der Waals surface area contributed by atoms with Gasteiger partial charge in [0, 0.05) is 69.0 Å². The van der Waals surface area contributed by atoms with Gasteiger partial charge in [0.25, 0.3) is 5.69 Å². The number of pyridine rings is 2. The Morgan fingerprint density at radius 3 is 2.25 bits per heavy atom. The van der Waals surface area contributed by atoms with Crippen molar-refractivity contribution in [2.75, 3.05) is 36.4 Å². The molecule has 1 aliphatic heterocycles. The first-order valence-corrected chi connectivity index (χ1v) is 14.1. The van der Waals surface area contributed by atoms with Crippen molar-refractivity contribution in [2.45, 2.75) is 56.7 Å². The lowest BCUT2D eigenvalue weighted by molar-refractivity contribution is -0.388. The van der Waals surface area contributed by atoms with Crippen LogP contribution in [-0.2, 0) is 18.9 Å². The van der Waals surface area contributed by atoms with Gasteiger partial charge in [-0.25, -0.2) is 4.98 Å². The summed E-state index contributed by atoms with van der Waals surface area (Å²) in [7, 11) is 0. The lowest BCUT2D eigenvalue weighted by atomic mass is 9.92. The largest absolute Gasteiger partial charge is 0.490 e. The van der Waals surface area contributed by atoms with Crippen molar-refractivity contribution in [1.29, 1.82) is 0 Å². The highest BCUT2D eigenvalue weighted by atomic mass is 19.4. The minimum absolute atomic E-state index is 0.0833. The maximum absolute atomic E-state index is 13.3. The molecular weight excluding hydrogens is 594 g/mol. The van der Waals surface area contributed by atoms with E-state index in [1.165, 1.54) is 18.3 Å². The first kappa shape index (κ1) is 31.3. The van der Waals surface area contributed by atoms with Gasteiger partial charge in [-0.1, -0.05) is 6.07 Å². The molecule has 236 valence electrons. The van der Waals surface area contributed by atoms with Crippen molar-refractivity contribution in [1.82, 2.24) is 14.9 Å². The van der Waals surface area contributed by atoms with Crippen molar-refractivity contribution in [3.05, 3.63) is 81.8 Å². The van der Waals surface area contributed by atoms with Gasteiger partial charge in [-0.05, 0) is 55.5 Å². The molecule has 2 aromatic heterocycles. The van der Waals surface area contributed by atoms with E-state index in [9.17, 15) is 36.5 Å². The second-order valence-electron chi connectivity index (χ2n) is 10.9. The average Bonchev–Trinajstić information content (AvgIpc) is 2.98. The second kappa shape index (κ2) is 12.8. The van der Waals surface area contributed by atoms with Gasteiger partial charge in [-0.15, -0.1) is 0 Å². The van der Waals surface area contributed by atoms with Gasteiger partial charge in [-0.3, -0.25) is 20.0 Å². The Bertz CT molecular complexity index is 1440. The summed E-state index contributed by atoms with van der Waals surface area (Å²) < 4.78 is 84.5. The van der Waals surface area contributed by atoms with Gasteiger partial charge >= 0.3 is 12.4 Å². The Morgan fingerprint density at radius 1 is 0.909 bits per heavy atom. The summed E-state index contributed by atoms with van der Waals surface area (Å²) in [6.07, 6.45) is -3.80. The molecule has 5 rings (SSSR count). The van der Waals surface area contributed by atoms with Crippen LogP contribution in [0.5, 0.6) is 5.75 Å². The van der Waals surface area contributed by atoms with Crippen molar-refractivity contribution in [2.24, 2.45) is 0 Å². The van der Waals surface area contributed by atoms with Crippen molar-refractivity contribution >= 4 is 17.2 Å². The molecule has 1 saturated heterocycles. The number of benzene rings is 1. The van der Waals surface area contributed by atoms with E-state index in [1.807, 2.05) is 6.07 Å². The van der Waals surface area contributed by atoms with Crippen LogP contribution in [-0.4, -0.2) is 58.1 Å². The topological polar surface area (TPSA) is 96.7 Å². The first-order valence-electron chi connectivity index (χ1n) is 14.1. The number of hydrogen-bond donors (Lipinski definition) is 1. The van der Waals surface area contributed by atoms with Crippen LogP contribution >= 0.6 is 0 Å². The molecule has 44 heavy (non-hydrogen) atoms. The Kier molecular flexibility index (Phi) is 9.13. The molecule has 1 aromatic carbocycles. The summed E-state index contributed by atoms with van der Waals surface area (Å²) in [4.78, 5) is 22.2. The normalized spacial score (nSPS) is 19.9. The minimum Gasteiger partial charge on any atom is -0.490 e. The van der Waals surface area contributed by atoms with E-state index in [1.54, 1.807) is 12.3 Å². The summed E-state index contributed by atoms with van der Waals surface area (Å²) in [5, 5.41) is 14.1. The van der Waals surface area contributed by atoms with Crippen molar-refractivity contribution < 1.29 is 36.0 Å². The highest BCUT2D eigenvalue weighted by molar-refractivity contribution is 5.55. The number of nitrogens with zero attached hydrogens (tertiary/aromatic N) is 5. The van der Waals surface area contributed by atoms with Gasteiger partial charge in [0.05, 0.1) is 11.0 Å². The molecule has 0 radical (unpaired) electrons. The van der Waals surface area contributed by atoms with E-state index in [-0.39, 0.29) is 17.8 Å². The number of hydrogen-bond acceptors (Lipinski definition) is 8. The number of aromatic nitrogens is 2. The number of alkyl halides is 6. The lowest BCUT2D eigenvalue weighted by Crippen LogP contribution is -2.46. The third-order valence-corrected chi connectivity index (χ3v) is 7.78. The van der Waals surface area contributed by atoms with Gasteiger partial charge in [0.15, 0.2) is 0 Å². The molecule has 0 unspecified atom stereocenters. The van der Waals surface area contributed by atoms with E-state index >= 15 is 0 Å². The molecule has 1 saturated carbocycles. The zero-order valence-corrected chi connectivity index (χ0v) is 23.4. The van der Waals surface area contributed by atoms with Crippen LogP contribution < -0.4 is 15.0 Å². The second-order valence-corrected chi connectivity index (χ2v) is 10.9. The SMILES string of the molecule is O=[N+]([O-])c1ccc(NC2CCC(Oc3ccnc(N4CCN(Cc5ccc(C(F)(F)F)nc5)CC4)c3)CC2)cc1C(F)(F)F. The van der Waals surface area contributed by atoms with Crippen molar-refractivity contribution in [3.8, 4) is 5.75 Å². The predicted molar refractivity (Wildman–Crippen MR) is 149 cm³/mol. The monoisotopic (exact) mass is 624 g/mol. The number of piperazine rings is 1. The molecule has 1 aliphatic carbocycles. The summed E-state index contributed by atoms with van der Waals surface area (Å²) in [6, 6.07) is 8.94. The molecule has 0 spiro atoms. The van der Waals surface area contributed by atoms with Crippen LogP contribution in [0.15, 0.2) is 54.9 Å². The molecule has 0 atom stereocenters. The third-order valence-electron chi connectivity index (χ3n) is 7.78. The smallest absolute Gasteiger partial charge is 0.433 e. The average molecular weight is 625 g/mol. The Labute approximate surface area is 249 Å². The summed E-state index contributed by atoms with van der Waals surface area (Å²) in [6.45, 7) is 3.26. The van der Waals surface area contributed by atoms with Crippen LogP contribution in [0.25, 0.3) is 0 Å². The van der Waals surface area contributed by atoms with Gasteiger partial charge in [0.2, 0.25) is 0 Å². The molecule has 15 heteroatoms. The predicted octanol–water partition coefficient (Wildman–Crippen LogP) is 6.55. The number of rotatable bonds is 8. The minimum atomic E-state index is -4.84. The molecule has 0 amide bonds. The maximum atomic E-state index is 13.3. The summed E-state index contributed by atoms with van der Waals surface area (Å²) in [5.41, 5.74) is -2.27. The van der Waals surface area contributed by atoms with Crippen LogP contribution in [0.4, 0.5) is 43.5 Å². The fourth-order valence-corrected chi connectivity index (χ4v) is 5.49. The fraction of sp³-hybridized carbons (Fsp3) is 0.448. The van der Waals surface area contributed by atoms with Crippen LogP contribution in [0, 0.1) is 10.1 Å². The lowest BCUT2D eigenvalue weighted by Gasteiger charge is -2.35. The number of nitro benzene ring substituents is 1. The first-order chi connectivity index (χ1) is 20.8. The molecule has 3 heterocycles. The quantitative estimate of drug-likeness (QED) is 0.171. The van der Waals surface area contributed by atoms with Gasteiger partial charge in [-0.2, -0.15) is 26.3 Å². The van der Waals surface area contributed by atoms with Crippen LogP contribution in [0.1, 0.15) is 42.5 Å². The van der Waals surface area contributed by atoms with Crippen LogP contribution in [0.2, 0.25) is 0 Å². The molecule has 0 bridgehead atoms. The third kappa shape index (κ3) is 7.87. The van der Waals surface area contributed by atoms with Crippen molar-refractivity contribution in [3.63, 3.8) is 0 Å². The van der Waals surface area contributed by atoms with Gasteiger partial charge in [0.1, 0.15) is 22.8 Å². The number of ether oxygens (including phenoxy) is 1. The summed E-state index contributed by atoms with van der Waals surface area (Å²) in [5.74, 6) is 1.42. The molecule has 2 aliphatic rings. The fourth-order valence-electron chi connectivity index (χ4n) is 5.49. The van der Waals surface area contributed by atoms with E-state index < -0.39 is 34.2 Å². The zero-order valence-electron chi connectivity index (χ0n) is 23.4. The Hall–Kier alpha value is -4.14. The summed E-state index contributed by atoms with van der Waals surface area (Å²) >= 11 is 0. The highest BCUT2D eigenvalue weighted by Gasteiger charge is 2.38. The van der Waals surface area contributed by atoms with E-state index in [0.29, 0.717) is 69.7 Å². The highest BCUT2D eigenvalue weighted by Crippen LogP contribution is 2.38. The standard InChI is InChI=1S/C29H30F6N6O3/c30-28(31,32)24-15-21(4-7-25(24)41(42)43)38-20-2-5-22(6-3-20)44-23-9-10-36-27(16-23)40-13-11-39(12-14-40)18-19-1-8-26(37-17-19)29(33,34)35/h1,4,7-10,15-17,20,22,38H,2-3,5-6,11-14,18H2.